The molecule has 1 unspecified atom stereocenters. The standard InChI is InChI=1S/C36H48Cl2N2O6/c1-23(41)36(15-12-30-28-9-6-25-21-27(42)10-13-34(25,2)29(28)11-14-35(30,36)3)46-32(43)22-45-33(44)31(39)20-24-4-7-26(8-5-24)40(18-16-37)19-17-38/h4-5,7-8,21,28-31H,6,9-20,22,39H2,1-3H3/t28-,29+,30+,31?,34+,35+,36+/m1/s1. The Hall–Kier alpha value is -2.42. The van der Waals surface area contributed by atoms with E-state index in [1.807, 2.05) is 30.3 Å². The molecule has 0 amide bonds. The van der Waals surface area contributed by atoms with Crippen LogP contribution >= 0.6 is 23.2 Å². The number of fused-ring (bicyclic) bond motifs is 5. The molecule has 7 atom stereocenters. The van der Waals surface area contributed by atoms with E-state index in [9.17, 15) is 19.2 Å². The number of carbonyl (C=O) groups is 4. The smallest absolute Gasteiger partial charge is 0.345 e. The predicted octanol–water partition coefficient (Wildman–Crippen LogP) is 5.79. The van der Waals surface area contributed by atoms with Crippen molar-refractivity contribution in [1.82, 2.24) is 0 Å². The first-order valence-corrected chi connectivity index (χ1v) is 17.8. The molecule has 1 aromatic carbocycles. The molecule has 0 aromatic heterocycles. The third kappa shape index (κ3) is 6.38. The van der Waals surface area contributed by atoms with E-state index in [4.69, 9.17) is 38.4 Å². The molecule has 2 N–H and O–H groups in total. The van der Waals surface area contributed by atoms with Gasteiger partial charge in [-0.2, -0.15) is 0 Å². The number of rotatable bonds is 12. The molecule has 1 aromatic rings. The van der Waals surface area contributed by atoms with Crippen LogP contribution in [-0.4, -0.2) is 66.6 Å². The van der Waals surface area contributed by atoms with Gasteiger partial charge in [0.2, 0.25) is 0 Å². The zero-order valence-electron chi connectivity index (χ0n) is 27.3. The Labute approximate surface area is 282 Å². The number of esters is 2. The van der Waals surface area contributed by atoms with Crippen molar-refractivity contribution in [3.63, 3.8) is 0 Å². The number of Topliss-reactive ketones (excluding diaryl/α,β-unsaturated/α-hetero) is 1. The normalized spacial score (nSPS) is 32.3. The number of nitrogens with zero attached hydrogens (tertiary/aromatic N) is 1. The molecule has 252 valence electrons. The van der Waals surface area contributed by atoms with Crippen LogP contribution in [0, 0.1) is 28.6 Å². The number of alkyl halides is 2. The summed E-state index contributed by atoms with van der Waals surface area (Å²) in [5, 5.41) is 0. The fourth-order valence-electron chi connectivity index (χ4n) is 9.59. The summed E-state index contributed by atoms with van der Waals surface area (Å²) in [6.45, 7) is 6.70. The van der Waals surface area contributed by atoms with Gasteiger partial charge in [-0.1, -0.05) is 31.6 Å². The highest BCUT2D eigenvalue weighted by molar-refractivity contribution is 6.18. The highest BCUT2D eigenvalue weighted by Gasteiger charge is 2.68. The van der Waals surface area contributed by atoms with Crippen LogP contribution in [0.25, 0.3) is 0 Å². The Kier molecular flexibility index (Phi) is 10.6. The molecule has 0 bridgehead atoms. The van der Waals surface area contributed by atoms with Gasteiger partial charge in [0, 0.05) is 42.4 Å². The van der Waals surface area contributed by atoms with Crippen LogP contribution in [0.15, 0.2) is 35.9 Å². The molecule has 0 heterocycles. The minimum atomic E-state index is -1.25. The van der Waals surface area contributed by atoms with Gasteiger partial charge in [-0.25, -0.2) is 4.79 Å². The lowest BCUT2D eigenvalue weighted by molar-refractivity contribution is -0.193. The highest BCUT2D eigenvalue weighted by Crippen LogP contribution is 2.68. The Bertz CT molecular complexity index is 1360. The van der Waals surface area contributed by atoms with Crippen LogP contribution in [0.3, 0.4) is 0 Å². The van der Waals surface area contributed by atoms with Crippen molar-refractivity contribution in [3.05, 3.63) is 41.5 Å². The number of ether oxygens (including phenoxy) is 2. The van der Waals surface area contributed by atoms with Crippen LogP contribution in [0.5, 0.6) is 0 Å². The Morgan fingerprint density at radius 3 is 2.30 bits per heavy atom. The maximum atomic E-state index is 13.4. The molecule has 5 rings (SSSR count). The number of benzene rings is 1. The molecular formula is C36H48Cl2N2O6. The molecule has 3 saturated carbocycles. The van der Waals surface area contributed by atoms with E-state index in [0.717, 1.165) is 49.8 Å². The summed E-state index contributed by atoms with van der Waals surface area (Å²) < 4.78 is 11.4. The van der Waals surface area contributed by atoms with Crippen molar-refractivity contribution in [3.8, 4) is 0 Å². The van der Waals surface area contributed by atoms with Crippen molar-refractivity contribution in [2.75, 3.05) is 36.4 Å². The minimum absolute atomic E-state index is 0.0140. The summed E-state index contributed by atoms with van der Waals surface area (Å²) in [4.78, 5) is 53.6. The third-order valence-corrected chi connectivity index (χ3v) is 12.4. The Morgan fingerprint density at radius 2 is 1.65 bits per heavy atom. The van der Waals surface area contributed by atoms with Gasteiger partial charge in [0.05, 0.1) is 0 Å². The molecular weight excluding hydrogens is 627 g/mol. The van der Waals surface area contributed by atoms with E-state index >= 15 is 0 Å². The first-order chi connectivity index (χ1) is 21.9. The predicted molar refractivity (Wildman–Crippen MR) is 179 cm³/mol. The van der Waals surface area contributed by atoms with Crippen molar-refractivity contribution in [1.29, 1.82) is 0 Å². The number of ketones is 2. The van der Waals surface area contributed by atoms with Gasteiger partial charge in [-0.15, -0.1) is 23.2 Å². The maximum absolute atomic E-state index is 13.4. The monoisotopic (exact) mass is 674 g/mol. The van der Waals surface area contributed by atoms with Crippen LogP contribution in [0.1, 0.15) is 77.7 Å². The number of halogens is 2. The van der Waals surface area contributed by atoms with Gasteiger partial charge < -0.3 is 20.1 Å². The molecule has 0 saturated heterocycles. The first kappa shape index (κ1) is 34.9. The number of carbonyl (C=O) groups excluding carboxylic acids is 4. The summed E-state index contributed by atoms with van der Waals surface area (Å²) in [5.74, 6) is 0.699. The van der Waals surface area contributed by atoms with Crippen LogP contribution in [0.2, 0.25) is 0 Å². The summed E-state index contributed by atoms with van der Waals surface area (Å²) in [6.07, 6.45) is 8.47. The van der Waals surface area contributed by atoms with Crippen LogP contribution in [-0.2, 0) is 35.1 Å². The second-order valence-electron chi connectivity index (χ2n) is 14.3. The van der Waals surface area contributed by atoms with Crippen molar-refractivity contribution >= 4 is 52.4 Å². The molecule has 0 radical (unpaired) electrons. The van der Waals surface area contributed by atoms with Crippen LogP contribution < -0.4 is 10.6 Å². The van der Waals surface area contributed by atoms with E-state index < -0.39 is 35.6 Å². The molecule has 8 nitrogen and oxygen atoms in total. The van der Waals surface area contributed by atoms with Crippen molar-refractivity contribution in [2.24, 2.45) is 34.3 Å². The van der Waals surface area contributed by atoms with E-state index in [0.29, 0.717) is 49.5 Å². The fraction of sp³-hybridized carbons (Fsp3) is 0.667. The van der Waals surface area contributed by atoms with Gasteiger partial charge in [0.25, 0.3) is 0 Å². The number of anilines is 1. The third-order valence-electron chi connectivity index (χ3n) is 12.0. The molecule has 4 aliphatic rings. The SMILES string of the molecule is CC(=O)[C@@]1(OC(=O)COC(=O)C(N)Cc2ccc(N(CCCl)CCCl)cc2)CC[C@H]2[C@@H]3CCC4=CC(=O)CC[C@]4(C)[C@H]3CC[C@@]21C. The minimum Gasteiger partial charge on any atom is -0.453 e. The molecule has 3 fully saturated rings. The van der Waals surface area contributed by atoms with Gasteiger partial charge in [-0.05, 0) is 105 Å². The number of hydrogen-bond donors (Lipinski definition) is 1. The van der Waals surface area contributed by atoms with E-state index in [1.165, 1.54) is 12.5 Å². The molecule has 4 aliphatic carbocycles. The Balaban J connectivity index is 1.19. The van der Waals surface area contributed by atoms with Crippen molar-refractivity contribution < 1.29 is 28.7 Å². The maximum Gasteiger partial charge on any atom is 0.345 e. The molecule has 46 heavy (non-hydrogen) atoms. The van der Waals surface area contributed by atoms with E-state index in [1.54, 1.807) is 0 Å². The molecule has 0 spiro atoms. The zero-order chi connectivity index (χ0) is 33.3. The van der Waals surface area contributed by atoms with Gasteiger partial charge in [-0.3, -0.25) is 14.4 Å². The number of nitrogens with two attached hydrogens (primary N) is 1. The quantitative estimate of drug-likeness (QED) is 0.219. The fourth-order valence-corrected chi connectivity index (χ4v) is 10.00. The molecule has 0 aliphatic heterocycles. The van der Waals surface area contributed by atoms with E-state index in [-0.39, 0.29) is 29.3 Å². The number of allylic oxidation sites excluding steroid dienone is 1. The topological polar surface area (TPSA) is 116 Å². The second kappa shape index (κ2) is 14.0. The van der Waals surface area contributed by atoms with Crippen molar-refractivity contribution in [2.45, 2.75) is 90.2 Å². The first-order valence-electron chi connectivity index (χ1n) is 16.7. The molecule has 10 heteroatoms. The van der Waals surface area contributed by atoms with E-state index in [2.05, 4.69) is 18.7 Å². The van der Waals surface area contributed by atoms with Gasteiger partial charge >= 0.3 is 11.9 Å². The summed E-state index contributed by atoms with van der Waals surface area (Å²) in [7, 11) is 0. The highest BCUT2D eigenvalue weighted by atomic mass is 35.5. The summed E-state index contributed by atoms with van der Waals surface area (Å²) >= 11 is 11.8. The largest absolute Gasteiger partial charge is 0.453 e. The summed E-state index contributed by atoms with van der Waals surface area (Å²) in [6, 6.07) is 6.70. The zero-order valence-corrected chi connectivity index (χ0v) is 28.8. The van der Waals surface area contributed by atoms with Crippen LogP contribution in [0.4, 0.5) is 5.69 Å². The lowest BCUT2D eigenvalue weighted by Gasteiger charge is -2.59. The summed E-state index contributed by atoms with van der Waals surface area (Å²) in [5.41, 5.74) is 7.53. The second-order valence-corrected chi connectivity index (χ2v) is 15.0. The Morgan fingerprint density at radius 1 is 0.978 bits per heavy atom. The lowest BCUT2D eigenvalue weighted by Crippen LogP contribution is -2.59. The lowest BCUT2D eigenvalue weighted by atomic mass is 9.46. The van der Waals surface area contributed by atoms with Gasteiger partial charge in [0.1, 0.15) is 6.04 Å². The van der Waals surface area contributed by atoms with Gasteiger partial charge in [0.15, 0.2) is 23.8 Å². The number of hydrogen-bond acceptors (Lipinski definition) is 8. The average molecular weight is 676 g/mol. The average Bonchev–Trinajstić information content (AvgIpc) is 3.33.